The largest absolute Gasteiger partial charge is 0.366 e. The predicted molar refractivity (Wildman–Crippen MR) is 93.9 cm³/mol. The van der Waals surface area contributed by atoms with Crippen LogP contribution in [0, 0.1) is 0 Å². The Bertz CT molecular complexity index is 717. The molecule has 3 rings (SSSR count). The van der Waals surface area contributed by atoms with Crippen LogP contribution in [0.4, 0.5) is 5.69 Å². The average Bonchev–Trinajstić information content (AvgIpc) is 3.09. The topological polar surface area (TPSA) is 75.4 Å². The zero-order valence-corrected chi connectivity index (χ0v) is 13.5. The second-order valence-electron chi connectivity index (χ2n) is 6.08. The van der Waals surface area contributed by atoms with Crippen molar-refractivity contribution in [2.45, 2.75) is 19.4 Å². The molecule has 0 atom stereocenters. The van der Waals surface area contributed by atoms with Crippen LogP contribution in [0.3, 0.4) is 0 Å². The first-order valence-corrected chi connectivity index (χ1v) is 8.14. The third kappa shape index (κ3) is 4.00. The van der Waals surface area contributed by atoms with Crippen molar-refractivity contribution in [2.24, 2.45) is 5.73 Å². The molecule has 2 aromatic rings. The molecule has 5 heteroatoms. The SMILES string of the molecule is NC(=O)c1ccc(NC(=O)c2ccc(CN3CCCC3)cc2)cc1. The van der Waals surface area contributed by atoms with Crippen LogP contribution in [0.1, 0.15) is 39.1 Å². The molecule has 24 heavy (non-hydrogen) atoms. The minimum atomic E-state index is -0.485. The zero-order valence-electron chi connectivity index (χ0n) is 13.5. The fraction of sp³-hybridized carbons (Fsp3) is 0.263. The van der Waals surface area contributed by atoms with E-state index in [0.29, 0.717) is 16.8 Å². The van der Waals surface area contributed by atoms with Gasteiger partial charge in [-0.15, -0.1) is 0 Å². The van der Waals surface area contributed by atoms with Gasteiger partial charge < -0.3 is 11.1 Å². The molecule has 1 aliphatic rings. The number of primary amides is 1. The molecule has 5 nitrogen and oxygen atoms in total. The molecule has 2 aromatic carbocycles. The van der Waals surface area contributed by atoms with E-state index in [2.05, 4.69) is 10.2 Å². The molecule has 0 aliphatic carbocycles. The number of nitrogens with one attached hydrogen (secondary N) is 1. The first-order chi connectivity index (χ1) is 11.6. The maximum Gasteiger partial charge on any atom is 0.255 e. The number of nitrogens with two attached hydrogens (primary N) is 1. The average molecular weight is 323 g/mol. The van der Waals surface area contributed by atoms with E-state index in [1.807, 2.05) is 24.3 Å². The molecule has 3 N–H and O–H groups in total. The number of amides is 2. The van der Waals surface area contributed by atoms with Crippen LogP contribution in [0.5, 0.6) is 0 Å². The lowest BCUT2D eigenvalue weighted by Crippen LogP contribution is -2.18. The minimum absolute atomic E-state index is 0.172. The van der Waals surface area contributed by atoms with Crippen LogP contribution in [-0.4, -0.2) is 29.8 Å². The predicted octanol–water partition coefficient (Wildman–Crippen LogP) is 2.63. The highest BCUT2D eigenvalue weighted by Crippen LogP contribution is 2.15. The summed E-state index contributed by atoms with van der Waals surface area (Å²) in [7, 11) is 0. The second-order valence-corrected chi connectivity index (χ2v) is 6.08. The van der Waals surface area contributed by atoms with Crippen molar-refractivity contribution in [1.82, 2.24) is 4.90 Å². The van der Waals surface area contributed by atoms with Gasteiger partial charge in [0.1, 0.15) is 0 Å². The number of carbonyl (C=O) groups is 2. The van der Waals surface area contributed by atoms with Crippen LogP contribution in [0.15, 0.2) is 48.5 Å². The Balaban J connectivity index is 1.60. The van der Waals surface area contributed by atoms with E-state index >= 15 is 0 Å². The van der Waals surface area contributed by atoms with Gasteiger partial charge in [-0.1, -0.05) is 12.1 Å². The molecular weight excluding hydrogens is 302 g/mol. The maximum atomic E-state index is 12.3. The molecule has 1 aliphatic heterocycles. The first-order valence-electron chi connectivity index (χ1n) is 8.14. The Hall–Kier alpha value is -2.66. The first kappa shape index (κ1) is 16.2. The molecular formula is C19H21N3O2. The molecule has 0 unspecified atom stereocenters. The number of carbonyl (C=O) groups excluding carboxylic acids is 2. The number of hydrogen-bond donors (Lipinski definition) is 2. The normalized spacial score (nSPS) is 14.5. The summed E-state index contributed by atoms with van der Waals surface area (Å²) in [6, 6.07) is 14.2. The summed E-state index contributed by atoms with van der Waals surface area (Å²) in [5.74, 6) is -0.656. The fourth-order valence-electron chi connectivity index (χ4n) is 2.88. The number of anilines is 1. The molecule has 2 amide bonds. The quantitative estimate of drug-likeness (QED) is 0.888. The Morgan fingerprint density at radius 3 is 2.08 bits per heavy atom. The van der Waals surface area contributed by atoms with Gasteiger partial charge in [-0.25, -0.2) is 0 Å². The molecule has 1 fully saturated rings. The summed E-state index contributed by atoms with van der Waals surface area (Å²) < 4.78 is 0. The van der Waals surface area contributed by atoms with Gasteiger partial charge in [0.15, 0.2) is 0 Å². The fourth-order valence-corrected chi connectivity index (χ4v) is 2.88. The number of nitrogens with zero attached hydrogens (tertiary/aromatic N) is 1. The summed E-state index contributed by atoms with van der Waals surface area (Å²) in [5, 5.41) is 2.82. The van der Waals surface area contributed by atoms with Crippen LogP contribution in [-0.2, 0) is 6.54 Å². The van der Waals surface area contributed by atoms with Gasteiger partial charge in [-0.05, 0) is 67.9 Å². The summed E-state index contributed by atoms with van der Waals surface area (Å²) in [4.78, 5) is 25.7. The number of rotatable bonds is 5. The molecule has 124 valence electrons. The number of hydrogen-bond acceptors (Lipinski definition) is 3. The van der Waals surface area contributed by atoms with E-state index < -0.39 is 5.91 Å². The van der Waals surface area contributed by atoms with Gasteiger partial charge in [0.25, 0.3) is 5.91 Å². The maximum absolute atomic E-state index is 12.3. The summed E-state index contributed by atoms with van der Waals surface area (Å²) >= 11 is 0. The van der Waals surface area contributed by atoms with Gasteiger partial charge in [-0.2, -0.15) is 0 Å². The van der Waals surface area contributed by atoms with Crippen LogP contribution in [0.2, 0.25) is 0 Å². The van der Waals surface area contributed by atoms with Crippen molar-refractivity contribution in [3.8, 4) is 0 Å². The van der Waals surface area contributed by atoms with Gasteiger partial charge >= 0.3 is 0 Å². The van der Waals surface area contributed by atoms with Gasteiger partial charge in [0.05, 0.1) is 0 Å². The Kier molecular flexibility index (Phi) is 4.91. The van der Waals surface area contributed by atoms with Gasteiger partial charge in [0, 0.05) is 23.4 Å². The molecule has 0 spiro atoms. The molecule has 1 heterocycles. The van der Waals surface area contributed by atoms with Crippen LogP contribution < -0.4 is 11.1 Å². The summed E-state index contributed by atoms with van der Waals surface area (Å²) in [6.45, 7) is 3.25. The van der Waals surface area contributed by atoms with Crippen molar-refractivity contribution in [1.29, 1.82) is 0 Å². The van der Waals surface area contributed by atoms with E-state index in [-0.39, 0.29) is 5.91 Å². The Morgan fingerprint density at radius 2 is 1.50 bits per heavy atom. The van der Waals surface area contributed by atoms with Crippen LogP contribution >= 0.6 is 0 Å². The highest BCUT2D eigenvalue weighted by molar-refractivity contribution is 6.04. The lowest BCUT2D eigenvalue weighted by atomic mass is 10.1. The van der Waals surface area contributed by atoms with Gasteiger partial charge in [-0.3, -0.25) is 14.5 Å². The molecule has 1 saturated heterocycles. The van der Waals surface area contributed by atoms with Crippen molar-refractivity contribution in [2.75, 3.05) is 18.4 Å². The van der Waals surface area contributed by atoms with E-state index in [9.17, 15) is 9.59 Å². The van der Waals surface area contributed by atoms with E-state index in [4.69, 9.17) is 5.73 Å². The lowest BCUT2D eigenvalue weighted by Gasteiger charge is -2.14. The Morgan fingerprint density at radius 1 is 0.917 bits per heavy atom. The minimum Gasteiger partial charge on any atom is -0.366 e. The van der Waals surface area contributed by atoms with Crippen LogP contribution in [0.25, 0.3) is 0 Å². The molecule has 0 aromatic heterocycles. The standard InChI is InChI=1S/C19H21N3O2/c20-18(23)15-7-9-17(10-8-15)21-19(24)16-5-3-14(4-6-16)13-22-11-1-2-12-22/h3-10H,1-2,11-13H2,(H2,20,23)(H,21,24). The monoisotopic (exact) mass is 323 g/mol. The molecule has 0 bridgehead atoms. The summed E-state index contributed by atoms with van der Waals surface area (Å²) in [5.41, 5.74) is 8.08. The van der Waals surface area contributed by atoms with Crippen molar-refractivity contribution in [3.63, 3.8) is 0 Å². The number of benzene rings is 2. The highest BCUT2D eigenvalue weighted by Gasteiger charge is 2.12. The van der Waals surface area contributed by atoms with E-state index in [0.717, 1.165) is 19.6 Å². The second kappa shape index (κ2) is 7.27. The summed E-state index contributed by atoms with van der Waals surface area (Å²) in [6.07, 6.45) is 2.55. The van der Waals surface area contributed by atoms with Crippen molar-refractivity contribution in [3.05, 3.63) is 65.2 Å². The molecule has 0 saturated carbocycles. The Labute approximate surface area is 141 Å². The molecule has 0 radical (unpaired) electrons. The third-order valence-corrected chi connectivity index (χ3v) is 4.25. The van der Waals surface area contributed by atoms with E-state index in [1.54, 1.807) is 24.3 Å². The number of likely N-dealkylation sites (tertiary alicyclic amines) is 1. The van der Waals surface area contributed by atoms with Gasteiger partial charge in [0.2, 0.25) is 5.91 Å². The third-order valence-electron chi connectivity index (χ3n) is 4.25. The highest BCUT2D eigenvalue weighted by atomic mass is 16.2. The van der Waals surface area contributed by atoms with Crippen molar-refractivity contribution < 1.29 is 9.59 Å². The van der Waals surface area contributed by atoms with Crippen molar-refractivity contribution >= 4 is 17.5 Å². The smallest absolute Gasteiger partial charge is 0.255 e. The lowest BCUT2D eigenvalue weighted by molar-refractivity contribution is 0.0998. The zero-order chi connectivity index (χ0) is 16.9. The van der Waals surface area contributed by atoms with E-state index in [1.165, 1.54) is 18.4 Å².